The second kappa shape index (κ2) is 8.18. The number of halogens is 1. The molecule has 4 rings (SSSR count). The molecule has 0 amide bonds. The molecule has 0 spiro atoms. The van der Waals surface area contributed by atoms with E-state index in [9.17, 15) is 4.39 Å². The van der Waals surface area contributed by atoms with Crippen LogP contribution in [0.3, 0.4) is 0 Å². The lowest BCUT2D eigenvalue weighted by Gasteiger charge is -2.45. The van der Waals surface area contributed by atoms with E-state index in [1.165, 1.54) is 11.1 Å². The van der Waals surface area contributed by atoms with Crippen molar-refractivity contribution in [3.8, 4) is 11.5 Å². The smallest absolute Gasteiger partial charge is 0.134 e. The van der Waals surface area contributed by atoms with E-state index in [4.69, 9.17) is 4.74 Å². The summed E-state index contributed by atoms with van der Waals surface area (Å²) in [6, 6.07) is 19.0. The number of hydrogen-bond donors (Lipinski definition) is 0. The van der Waals surface area contributed by atoms with Gasteiger partial charge in [-0.2, -0.15) is 0 Å². The third kappa shape index (κ3) is 4.48. The SMILES string of the molecule is Cc1ccc(Oc2ccc(N=Cc3cc4c(cc3F)N(C)C(C)(C)CC4C)cc2)cc1. The molecule has 1 aliphatic rings. The van der Waals surface area contributed by atoms with Gasteiger partial charge in [0.05, 0.1) is 5.69 Å². The number of benzene rings is 3. The molecule has 1 heterocycles. The van der Waals surface area contributed by atoms with Crippen molar-refractivity contribution in [2.24, 2.45) is 4.99 Å². The van der Waals surface area contributed by atoms with Crippen molar-refractivity contribution in [1.82, 2.24) is 0 Å². The van der Waals surface area contributed by atoms with Crippen molar-refractivity contribution >= 4 is 17.6 Å². The average molecular weight is 417 g/mol. The molecule has 0 bridgehead atoms. The normalized spacial score (nSPS) is 17.6. The van der Waals surface area contributed by atoms with Crippen LogP contribution in [0.25, 0.3) is 0 Å². The average Bonchev–Trinajstić information content (AvgIpc) is 2.73. The molecule has 1 atom stereocenters. The predicted molar refractivity (Wildman–Crippen MR) is 127 cm³/mol. The summed E-state index contributed by atoms with van der Waals surface area (Å²) in [5, 5.41) is 0. The molecule has 1 aliphatic heterocycles. The Kier molecular flexibility index (Phi) is 5.57. The number of aliphatic imine (C=N–C) groups is 1. The van der Waals surface area contributed by atoms with Crippen molar-refractivity contribution in [3.05, 3.63) is 83.2 Å². The van der Waals surface area contributed by atoms with E-state index in [0.29, 0.717) is 11.5 Å². The fraction of sp³-hybridized carbons (Fsp3) is 0.296. The highest BCUT2D eigenvalue weighted by Crippen LogP contribution is 2.43. The molecule has 0 saturated heterocycles. The second-order valence-electron chi connectivity index (χ2n) is 9.08. The number of anilines is 1. The van der Waals surface area contributed by atoms with Crippen molar-refractivity contribution in [2.45, 2.75) is 45.6 Å². The Balaban J connectivity index is 1.52. The minimum absolute atomic E-state index is 0.0108. The van der Waals surface area contributed by atoms with Crippen molar-refractivity contribution in [3.63, 3.8) is 0 Å². The number of ether oxygens (including phenoxy) is 1. The summed E-state index contributed by atoms with van der Waals surface area (Å²) in [7, 11) is 2.04. The summed E-state index contributed by atoms with van der Waals surface area (Å²) in [5.41, 5.74) is 4.61. The molecule has 160 valence electrons. The van der Waals surface area contributed by atoms with E-state index in [1.54, 1.807) is 12.3 Å². The zero-order valence-corrected chi connectivity index (χ0v) is 18.8. The van der Waals surface area contributed by atoms with Gasteiger partial charge in [-0.05, 0) is 87.2 Å². The highest BCUT2D eigenvalue weighted by molar-refractivity contribution is 5.84. The van der Waals surface area contributed by atoms with E-state index in [1.807, 2.05) is 68.6 Å². The molecular weight excluding hydrogens is 387 g/mol. The summed E-state index contributed by atoms with van der Waals surface area (Å²) >= 11 is 0. The van der Waals surface area contributed by atoms with Gasteiger partial charge in [0.15, 0.2) is 0 Å². The summed E-state index contributed by atoms with van der Waals surface area (Å²) in [6.45, 7) is 8.65. The van der Waals surface area contributed by atoms with Gasteiger partial charge in [-0.3, -0.25) is 4.99 Å². The van der Waals surface area contributed by atoms with Crippen LogP contribution >= 0.6 is 0 Å². The number of rotatable bonds is 4. The third-order valence-electron chi connectivity index (χ3n) is 6.20. The first-order chi connectivity index (χ1) is 14.7. The molecule has 3 aromatic rings. The summed E-state index contributed by atoms with van der Waals surface area (Å²) in [4.78, 5) is 6.66. The quantitative estimate of drug-likeness (QED) is 0.414. The zero-order chi connectivity index (χ0) is 22.2. The number of nitrogens with zero attached hydrogens (tertiary/aromatic N) is 2. The lowest BCUT2D eigenvalue weighted by Crippen LogP contribution is -2.45. The fourth-order valence-electron chi connectivity index (χ4n) is 4.19. The van der Waals surface area contributed by atoms with Gasteiger partial charge in [-0.1, -0.05) is 24.6 Å². The highest BCUT2D eigenvalue weighted by atomic mass is 19.1. The molecule has 3 nitrogen and oxygen atoms in total. The maximum atomic E-state index is 14.8. The molecule has 4 heteroatoms. The standard InChI is InChI=1S/C27H29FN2O/c1-18-6-10-22(11-7-18)31-23-12-8-21(9-13-23)29-17-20-14-24-19(2)16-27(3,4)30(5)26(24)15-25(20)28/h6-15,17,19H,16H2,1-5H3. The first-order valence-corrected chi connectivity index (χ1v) is 10.7. The van der Waals surface area contributed by atoms with E-state index in [2.05, 4.69) is 30.7 Å². The molecule has 0 aliphatic carbocycles. The maximum absolute atomic E-state index is 14.8. The van der Waals surface area contributed by atoms with Crippen LogP contribution < -0.4 is 9.64 Å². The Morgan fingerprint density at radius 3 is 2.29 bits per heavy atom. The molecular formula is C27H29FN2O. The lowest BCUT2D eigenvalue weighted by molar-refractivity contribution is 0.394. The minimum atomic E-state index is -0.251. The molecule has 0 radical (unpaired) electrons. The van der Waals surface area contributed by atoms with Crippen LogP contribution in [-0.4, -0.2) is 18.8 Å². The Morgan fingerprint density at radius 1 is 1.03 bits per heavy atom. The molecule has 1 unspecified atom stereocenters. The van der Waals surface area contributed by atoms with Crippen LogP contribution in [0.5, 0.6) is 11.5 Å². The van der Waals surface area contributed by atoms with Gasteiger partial charge in [0.2, 0.25) is 0 Å². The number of fused-ring (bicyclic) bond motifs is 1. The molecule has 3 aromatic carbocycles. The molecule has 0 N–H and O–H groups in total. The van der Waals surface area contributed by atoms with E-state index < -0.39 is 0 Å². The van der Waals surface area contributed by atoms with Crippen LogP contribution in [0.15, 0.2) is 65.7 Å². The van der Waals surface area contributed by atoms with E-state index in [-0.39, 0.29) is 11.4 Å². The van der Waals surface area contributed by atoms with Gasteiger partial charge in [0.1, 0.15) is 17.3 Å². The minimum Gasteiger partial charge on any atom is -0.457 e. The summed E-state index contributed by atoms with van der Waals surface area (Å²) < 4.78 is 20.7. The Labute approximate surface area is 184 Å². The lowest BCUT2D eigenvalue weighted by atomic mass is 9.80. The van der Waals surface area contributed by atoms with Crippen molar-refractivity contribution < 1.29 is 9.13 Å². The first-order valence-electron chi connectivity index (χ1n) is 10.7. The number of hydrogen-bond acceptors (Lipinski definition) is 3. The Hall–Kier alpha value is -3.14. The Morgan fingerprint density at radius 2 is 1.65 bits per heavy atom. The predicted octanol–water partition coefficient (Wildman–Crippen LogP) is 7.40. The van der Waals surface area contributed by atoms with Gasteiger partial charge in [-0.15, -0.1) is 0 Å². The van der Waals surface area contributed by atoms with E-state index in [0.717, 1.165) is 29.3 Å². The molecule has 31 heavy (non-hydrogen) atoms. The van der Waals surface area contributed by atoms with Crippen LogP contribution in [0.4, 0.5) is 15.8 Å². The monoisotopic (exact) mass is 416 g/mol. The Bertz CT molecular complexity index is 1100. The van der Waals surface area contributed by atoms with Crippen LogP contribution in [0.2, 0.25) is 0 Å². The number of aryl methyl sites for hydroxylation is 1. The van der Waals surface area contributed by atoms with Gasteiger partial charge in [0, 0.05) is 30.1 Å². The van der Waals surface area contributed by atoms with Crippen LogP contribution in [-0.2, 0) is 0 Å². The summed E-state index contributed by atoms with van der Waals surface area (Å²) in [5.74, 6) is 1.65. The van der Waals surface area contributed by atoms with Gasteiger partial charge >= 0.3 is 0 Å². The zero-order valence-electron chi connectivity index (χ0n) is 18.8. The topological polar surface area (TPSA) is 24.8 Å². The largest absolute Gasteiger partial charge is 0.457 e. The molecule has 0 aromatic heterocycles. The van der Waals surface area contributed by atoms with Crippen molar-refractivity contribution in [2.75, 3.05) is 11.9 Å². The molecule has 0 saturated carbocycles. The van der Waals surface area contributed by atoms with Gasteiger partial charge in [-0.25, -0.2) is 4.39 Å². The van der Waals surface area contributed by atoms with Crippen molar-refractivity contribution in [1.29, 1.82) is 0 Å². The van der Waals surface area contributed by atoms with Gasteiger partial charge in [0.25, 0.3) is 0 Å². The maximum Gasteiger partial charge on any atom is 0.134 e. The summed E-state index contributed by atoms with van der Waals surface area (Å²) in [6.07, 6.45) is 2.64. The highest BCUT2D eigenvalue weighted by Gasteiger charge is 2.34. The second-order valence-corrected chi connectivity index (χ2v) is 9.08. The van der Waals surface area contributed by atoms with Crippen LogP contribution in [0.1, 0.15) is 49.8 Å². The fourth-order valence-corrected chi connectivity index (χ4v) is 4.19. The molecule has 0 fully saturated rings. The van der Waals surface area contributed by atoms with Gasteiger partial charge < -0.3 is 9.64 Å². The third-order valence-corrected chi connectivity index (χ3v) is 6.20. The van der Waals surface area contributed by atoms with E-state index >= 15 is 0 Å². The van der Waals surface area contributed by atoms with Crippen LogP contribution in [0, 0.1) is 12.7 Å². The first kappa shape index (κ1) is 21.1.